The van der Waals surface area contributed by atoms with E-state index >= 15 is 0 Å². The van der Waals surface area contributed by atoms with Crippen molar-refractivity contribution in [2.24, 2.45) is 0 Å². The molecule has 12 heteroatoms. The molecule has 0 saturated heterocycles. The number of nitrogens with zero attached hydrogens (tertiary/aromatic N) is 4. The second kappa shape index (κ2) is 9.47. The van der Waals surface area contributed by atoms with Crippen LogP contribution in [0.3, 0.4) is 0 Å². The van der Waals surface area contributed by atoms with Crippen molar-refractivity contribution in [1.82, 2.24) is 15.0 Å². The first-order chi connectivity index (χ1) is 15.3. The highest BCUT2D eigenvalue weighted by Crippen LogP contribution is 2.33. The van der Waals surface area contributed by atoms with Crippen molar-refractivity contribution < 1.29 is 24.0 Å². The number of aryl methyl sites for hydroxylation is 1. The Kier molecular flexibility index (Phi) is 6.53. The summed E-state index contributed by atoms with van der Waals surface area (Å²) in [6, 6.07) is 7.44. The van der Waals surface area contributed by atoms with Crippen molar-refractivity contribution in [3.8, 4) is 0 Å². The maximum atomic E-state index is 12.0. The highest BCUT2D eigenvalue weighted by Gasteiger charge is 2.24. The second-order valence-corrected chi connectivity index (χ2v) is 6.43. The van der Waals surface area contributed by atoms with E-state index in [4.69, 9.17) is 9.47 Å². The van der Waals surface area contributed by atoms with Gasteiger partial charge in [-0.25, -0.2) is 24.5 Å². The molecule has 0 atom stereocenters. The minimum absolute atomic E-state index is 0.0387. The van der Waals surface area contributed by atoms with Gasteiger partial charge in [0.25, 0.3) is 0 Å². The van der Waals surface area contributed by atoms with Crippen LogP contribution in [0.4, 0.5) is 28.8 Å². The number of carbonyl (C=O) groups is 2. The summed E-state index contributed by atoms with van der Waals surface area (Å²) in [5, 5.41) is 17.3. The molecule has 2 N–H and O–H groups in total. The van der Waals surface area contributed by atoms with Crippen LogP contribution in [0, 0.1) is 17.0 Å². The second-order valence-electron chi connectivity index (χ2n) is 6.43. The fraction of sp³-hybridized carbons (Fsp3) is 0.150. The lowest BCUT2D eigenvalue weighted by Crippen LogP contribution is -2.09. The number of aromatic nitrogens is 3. The first kappa shape index (κ1) is 22.1. The zero-order valence-corrected chi connectivity index (χ0v) is 17.3. The molecule has 0 unspecified atom stereocenters. The molecule has 2 aromatic heterocycles. The van der Waals surface area contributed by atoms with E-state index in [1.807, 2.05) is 6.92 Å². The third-order valence-corrected chi connectivity index (χ3v) is 4.20. The Bertz CT molecular complexity index is 1150. The summed E-state index contributed by atoms with van der Waals surface area (Å²) in [5.41, 5.74) is 0.711. The Hall–Kier alpha value is -4.61. The minimum Gasteiger partial charge on any atom is -0.465 e. The predicted octanol–water partition coefficient (Wildman–Crippen LogP) is 3.15. The van der Waals surface area contributed by atoms with Crippen LogP contribution in [0.1, 0.15) is 26.3 Å². The molecule has 0 radical (unpaired) electrons. The average molecular weight is 438 g/mol. The van der Waals surface area contributed by atoms with E-state index in [2.05, 4.69) is 25.6 Å². The summed E-state index contributed by atoms with van der Waals surface area (Å²) in [6.07, 6.45) is 2.72. The van der Waals surface area contributed by atoms with E-state index in [0.29, 0.717) is 5.82 Å². The molecular weight excluding hydrogens is 420 g/mol. The van der Waals surface area contributed by atoms with E-state index in [-0.39, 0.29) is 28.5 Å². The van der Waals surface area contributed by atoms with Crippen LogP contribution in [0.2, 0.25) is 0 Å². The van der Waals surface area contributed by atoms with Gasteiger partial charge in [-0.15, -0.1) is 0 Å². The largest absolute Gasteiger partial charge is 0.465 e. The Morgan fingerprint density at radius 3 is 2.03 bits per heavy atom. The van der Waals surface area contributed by atoms with Gasteiger partial charge >= 0.3 is 17.6 Å². The van der Waals surface area contributed by atoms with Crippen molar-refractivity contribution in [3.63, 3.8) is 0 Å². The van der Waals surface area contributed by atoms with Gasteiger partial charge in [-0.1, -0.05) is 6.07 Å². The summed E-state index contributed by atoms with van der Waals surface area (Å²) in [6.45, 7) is 1.86. The number of hydrogen-bond acceptors (Lipinski definition) is 11. The topological polar surface area (TPSA) is 158 Å². The molecule has 3 rings (SSSR count). The monoisotopic (exact) mass is 438 g/mol. The van der Waals surface area contributed by atoms with Gasteiger partial charge in [0.1, 0.15) is 12.1 Å². The quantitative estimate of drug-likeness (QED) is 0.317. The smallest absolute Gasteiger partial charge is 0.353 e. The Morgan fingerprint density at radius 2 is 1.53 bits per heavy atom. The van der Waals surface area contributed by atoms with Crippen LogP contribution in [-0.4, -0.2) is 46.0 Å². The van der Waals surface area contributed by atoms with Crippen molar-refractivity contribution in [2.45, 2.75) is 6.92 Å². The molecule has 164 valence electrons. The van der Waals surface area contributed by atoms with Crippen molar-refractivity contribution in [3.05, 3.63) is 69.7 Å². The van der Waals surface area contributed by atoms with Crippen LogP contribution in [0.15, 0.2) is 42.9 Å². The number of rotatable bonds is 7. The van der Waals surface area contributed by atoms with Crippen molar-refractivity contribution >= 4 is 40.8 Å². The summed E-state index contributed by atoms with van der Waals surface area (Å²) in [5.74, 6) is -1.32. The summed E-state index contributed by atoms with van der Waals surface area (Å²) >= 11 is 0. The maximum absolute atomic E-state index is 12.0. The number of nitro groups is 1. The number of carbonyl (C=O) groups excluding carboxylic acids is 2. The molecule has 0 bridgehead atoms. The first-order valence-corrected chi connectivity index (χ1v) is 9.10. The molecule has 32 heavy (non-hydrogen) atoms. The zero-order chi connectivity index (χ0) is 23.3. The lowest BCUT2D eigenvalue weighted by Gasteiger charge is -2.12. The number of benzene rings is 1. The molecule has 3 aromatic rings. The van der Waals surface area contributed by atoms with Crippen LogP contribution >= 0.6 is 0 Å². The minimum atomic E-state index is -0.705. The highest BCUT2D eigenvalue weighted by atomic mass is 16.6. The highest BCUT2D eigenvalue weighted by molar-refractivity contribution is 5.97. The fourth-order valence-electron chi connectivity index (χ4n) is 2.71. The number of anilines is 4. The van der Waals surface area contributed by atoms with Crippen molar-refractivity contribution in [1.29, 1.82) is 0 Å². The van der Waals surface area contributed by atoms with E-state index in [1.165, 1.54) is 32.4 Å². The normalized spacial score (nSPS) is 10.2. The number of methoxy groups -OCH3 is 2. The van der Waals surface area contributed by atoms with E-state index < -0.39 is 22.5 Å². The van der Waals surface area contributed by atoms with Gasteiger partial charge in [-0.3, -0.25) is 10.1 Å². The molecule has 12 nitrogen and oxygen atoms in total. The van der Waals surface area contributed by atoms with Gasteiger partial charge in [-0.2, -0.15) is 0 Å². The van der Waals surface area contributed by atoms with Crippen LogP contribution in [-0.2, 0) is 9.47 Å². The van der Waals surface area contributed by atoms with Crippen LogP contribution < -0.4 is 10.6 Å². The summed E-state index contributed by atoms with van der Waals surface area (Å²) in [4.78, 5) is 47.1. The molecule has 0 aliphatic rings. The zero-order valence-electron chi connectivity index (χ0n) is 17.3. The fourth-order valence-corrected chi connectivity index (χ4v) is 2.71. The van der Waals surface area contributed by atoms with Gasteiger partial charge in [0, 0.05) is 11.9 Å². The molecule has 0 aliphatic carbocycles. The molecule has 0 saturated carbocycles. The molecule has 0 spiro atoms. The average Bonchev–Trinajstić information content (AvgIpc) is 2.79. The first-order valence-electron chi connectivity index (χ1n) is 9.10. The number of esters is 2. The standard InChI is InChI=1S/C20H18N6O6/c1-11-4-5-15(21-9-11)25-18-16(26(29)30)17(22-10-23-18)24-14-7-12(19(27)31-2)6-13(8-14)20(28)32-3/h4-10H,1-3H3,(H2,21,22,23,24,25). The van der Waals surface area contributed by atoms with E-state index in [1.54, 1.807) is 18.3 Å². The van der Waals surface area contributed by atoms with Crippen LogP contribution in [0.25, 0.3) is 0 Å². The Morgan fingerprint density at radius 1 is 0.938 bits per heavy atom. The number of nitrogens with one attached hydrogen (secondary N) is 2. The third-order valence-electron chi connectivity index (χ3n) is 4.20. The molecule has 1 aromatic carbocycles. The van der Waals surface area contributed by atoms with Gasteiger partial charge in [-0.05, 0) is 36.8 Å². The van der Waals surface area contributed by atoms with E-state index in [9.17, 15) is 19.7 Å². The van der Waals surface area contributed by atoms with Crippen LogP contribution in [0.5, 0.6) is 0 Å². The molecule has 2 heterocycles. The molecule has 0 aliphatic heterocycles. The van der Waals surface area contributed by atoms with Gasteiger partial charge < -0.3 is 20.1 Å². The van der Waals surface area contributed by atoms with E-state index in [0.717, 1.165) is 11.9 Å². The predicted molar refractivity (Wildman–Crippen MR) is 113 cm³/mol. The van der Waals surface area contributed by atoms with Gasteiger partial charge in [0.05, 0.1) is 30.3 Å². The summed E-state index contributed by atoms with van der Waals surface area (Å²) < 4.78 is 9.39. The lowest BCUT2D eigenvalue weighted by atomic mass is 10.1. The number of ether oxygens (including phenoxy) is 2. The SMILES string of the molecule is COC(=O)c1cc(Nc2ncnc(Nc3ccc(C)cn3)c2[N+](=O)[O-])cc(C(=O)OC)c1. The van der Waals surface area contributed by atoms with Gasteiger partial charge in [0.15, 0.2) is 0 Å². The molecular formula is C20H18N6O6. The molecule has 0 amide bonds. The van der Waals surface area contributed by atoms with Crippen molar-refractivity contribution in [2.75, 3.05) is 24.9 Å². The molecule has 0 fully saturated rings. The number of pyridine rings is 1. The Balaban J connectivity index is 2.03. The van der Waals surface area contributed by atoms with Gasteiger partial charge in [0.2, 0.25) is 11.6 Å². The number of hydrogen-bond donors (Lipinski definition) is 2. The maximum Gasteiger partial charge on any atom is 0.353 e. The summed E-state index contributed by atoms with van der Waals surface area (Å²) in [7, 11) is 2.37. The third kappa shape index (κ3) is 4.92. The Labute approximate surface area is 181 Å². The lowest BCUT2D eigenvalue weighted by molar-refractivity contribution is -0.383.